The normalized spacial score (nSPS) is 11.8. The summed E-state index contributed by atoms with van der Waals surface area (Å²) in [5.41, 5.74) is 0.510. The first kappa shape index (κ1) is 18.0. The molecule has 1 aromatic carbocycles. The van der Waals surface area contributed by atoms with Crippen LogP contribution in [0.2, 0.25) is 5.02 Å². The quantitative estimate of drug-likeness (QED) is 0.827. The number of carbonyl (C=O) groups is 1. The lowest BCUT2D eigenvalue weighted by atomic mass is 10.2. The van der Waals surface area contributed by atoms with Crippen LogP contribution in [0, 0.1) is 6.92 Å². The molecule has 1 amide bonds. The monoisotopic (exact) mass is 350 g/mol. The van der Waals surface area contributed by atoms with Crippen LogP contribution in [-0.2, 0) is 7.05 Å². The van der Waals surface area contributed by atoms with Crippen molar-refractivity contribution in [1.82, 2.24) is 9.88 Å². The summed E-state index contributed by atoms with van der Waals surface area (Å²) < 4.78 is 6.78. The Morgan fingerprint density at radius 1 is 1.42 bits per heavy atom. The van der Waals surface area contributed by atoms with Gasteiger partial charge < -0.3 is 19.7 Å². The zero-order valence-electron chi connectivity index (χ0n) is 13.5. The minimum atomic E-state index is -0.905. The van der Waals surface area contributed by atoms with Gasteiger partial charge in [-0.05, 0) is 42.8 Å². The molecular formula is C17H19ClN2O4. The van der Waals surface area contributed by atoms with Crippen LogP contribution in [0.1, 0.15) is 15.9 Å². The molecule has 0 unspecified atom stereocenters. The number of pyridine rings is 1. The van der Waals surface area contributed by atoms with E-state index < -0.39 is 17.6 Å². The van der Waals surface area contributed by atoms with Crippen LogP contribution in [0.3, 0.4) is 0 Å². The summed E-state index contributed by atoms with van der Waals surface area (Å²) in [5.74, 6) is 0.0526. The van der Waals surface area contributed by atoms with Crippen molar-refractivity contribution in [3.05, 3.63) is 63.0 Å². The van der Waals surface area contributed by atoms with Crippen LogP contribution in [0.15, 0.2) is 41.3 Å². The highest BCUT2D eigenvalue weighted by atomic mass is 35.5. The molecular weight excluding hydrogens is 332 g/mol. The van der Waals surface area contributed by atoms with Crippen molar-refractivity contribution in [2.45, 2.75) is 13.0 Å². The maximum absolute atomic E-state index is 12.0. The molecule has 2 aromatic rings. The number of carbonyl (C=O) groups excluding carboxylic acids is 1. The van der Waals surface area contributed by atoms with Gasteiger partial charge in [0.2, 0.25) is 0 Å². The molecule has 0 saturated heterocycles. The summed E-state index contributed by atoms with van der Waals surface area (Å²) >= 11 is 5.93. The number of hydrogen-bond acceptors (Lipinski definition) is 4. The van der Waals surface area contributed by atoms with Gasteiger partial charge in [-0.2, -0.15) is 0 Å². The standard InChI is InChI=1S/C17H19ClN2O4/c1-11-8-13(5-6-15(11)18)24-10-12(21)9-19-16(22)14-4-3-7-20(2)17(14)23/h3-8,12,21H,9-10H2,1-2H3,(H,19,22)/t12-/m0/s1. The Hall–Kier alpha value is -2.31. The molecule has 0 saturated carbocycles. The predicted molar refractivity (Wildman–Crippen MR) is 91.7 cm³/mol. The molecule has 0 aliphatic carbocycles. The van der Waals surface area contributed by atoms with Gasteiger partial charge in [-0.25, -0.2) is 0 Å². The first-order chi connectivity index (χ1) is 11.4. The Labute approximate surface area is 144 Å². The number of amides is 1. The lowest BCUT2D eigenvalue weighted by Crippen LogP contribution is -2.38. The molecule has 6 nitrogen and oxygen atoms in total. The lowest BCUT2D eigenvalue weighted by Gasteiger charge is -2.14. The van der Waals surface area contributed by atoms with Crippen LogP contribution in [-0.4, -0.2) is 34.8 Å². The smallest absolute Gasteiger partial charge is 0.263 e. The fraction of sp³-hybridized carbons (Fsp3) is 0.294. The number of rotatable bonds is 6. The van der Waals surface area contributed by atoms with Gasteiger partial charge in [-0.1, -0.05) is 11.6 Å². The number of nitrogens with one attached hydrogen (secondary N) is 1. The number of aliphatic hydroxyl groups excluding tert-OH is 1. The molecule has 2 rings (SSSR count). The van der Waals surface area contributed by atoms with E-state index in [-0.39, 0.29) is 18.7 Å². The average molecular weight is 351 g/mol. The fourth-order valence-electron chi connectivity index (χ4n) is 2.03. The van der Waals surface area contributed by atoms with Crippen molar-refractivity contribution in [2.75, 3.05) is 13.2 Å². The van der Waals surface area contributed by atoms with Crippen molar-refractivity contribution in [2.24, 2.45) is 7.05 Å². The van der Waals surface area contributed by atoms with Crippen molar-refractivity contribution in [3.63, 3.8) is 0 Å². The highest BCUT2D eigenvalue weighted by Crippen LogP contribution is 2.21. The molecule has 128 valence electrons. The second kappa shape index (κ2) is 7.99. The zero-order chi connectivity index (χ0) is 17.7. The Morgan fingerprint density at radius 2 is 2.17 bits per heavy atom. The van der Waals surface area contributed by atoms with E-state index in [0.29, 0.717) is 10.8 Å². The van der Waals surface area contributed by atoms with Gasteiger partial charge in [0.15, 0.2) is 0 Å². The third-order valence-electron chi connectivity index (χ3n) is 3.44. The van der Waals surface area contributed by atoms with Crippen molar-refractivity contribution < 1.29 is 14.6 Å². The summed E-state index contributed by atoms with van der Waals surface area (Å²) in [6.07, 6.45) is 0.660. The van der Waals surface area contributed by atoms with Crippen molar-refractivity contribution in [3.8, 4) is 5.75 Å². The van der Waals surface area contributed by atoms with Gasteiger partial charge in [0.05, 0.1) is 0 Å². The first-order valence-electron chi connectivity index (χ1n) is 7.39. The number of ether oxygens (including phenoxy) is 1. The molecule has 0 spiro atoms. The Balaban J connectivity index is 1.85. The number of aromatic nitrogens is 1. The number of aliphatic hydroxyl groups is 1. The largest absolute Gasteiger partial charge is 0.491 e. The minimum absolute atomic E-state index is 0.00809. The topological polar surface area (TPSA) is 80.6 Å². The van der Waals surface area contributed by atoms with Crippen LogP contribution in [0.25, 0.3) is 0 Å². The number of benzene rings is 1. The summed E-state index contributed by atoms with van der Waals surface area (Å²) in [4.78, 5) is 23.8. The number of nitrogens with zero attached hydrogens (tertiary/aromatic N) is 1. The summed E-state index contributed by atoms with van der Waals surface area (Å²) in [6.45, 7) is 1.84. The lowest BCUT2D eigenvalue weighted by molar-refractivity contribution is 0.0842. The summed E-state index contributed by atoms with van der Waals surface area (Å²) in [7, 11) is 1.57. The highest BCUT2D eigenvalue weighted by molar-refractivity contribution is 6.31. The molecule has 1 heterocycles. The number of halogens is 1. The molecule has 1 atom stereocenters. The molecule has 0 aliphatic heterocycles. The molecule has 0 fully saturated rings. The Morgan fingerprint density at radius 3 is 2.88 bits per heavy atom. The molecule has 7 heteroatoms. The summed E-state index contributed by atoms with van der Waals surface area (Å²) in [6, 6.07) is 8.23. The van der Waals surface area contributed by atoms with E-state index in [1.54, 1.807) is 37.5 Å². The molecule has 0 bridgehead atoms. The van der Waals surface area contributed by atoms with E-state index >= 15 is 0 Å². The number of hydrogen-bond donors (Lipinski definition) is 2. The third-order valence-corrected chi connectivity index (χ3v) is 3.86. The van der Waals surface area contributed by atoms with Crippen LogP contribution in [0.5, 0.6) is 5.75 Å². The second-order valence-corrected chi connectivity index (χ2v) is 5.83. The minimum Gasteiger partial charge on any atom is -0.491 e. The molecule has 2 N–H and O–H groups in total. The fourth-order valence-corrected chi connectivity index (χ4v) is 2.15. The van der Waals surface area contributed by atoms with Crippen molar-refractivity contribution >= 4 is 17.5 Å². The predicted octanol–water partition coefficient (Wildman–Crippen LogP) is 1.52. The van der Waals surface area contributed by atoms with Gasteiger partial charge in [0.25, 0.3) is 11.5 Å². The van der Waals surface area contributed by atoms with E-state index in [1.165, 1.54) is 10.6 Å². The van der Waals surface area contributed by atoms with E-state index in [4.69, 9.17) is 16.3 Å². The van der Waals surface area contributed by atoms with Crippen LogP contribution in [0.4, 0.5) is 0 Å². The Bertz CT molecular complexity index is 788. The van der Waals surface area contributed by atoms with Gasteiger partial charge >= 0.3 is 0 Å². The second-order valence-electron chi connectivity index (χ2n) is 5.42. The van der Waals surface area contributed by atoms with E-state index in [1.807, 2.05) is 6.92 Å². The van der Waals surface area contributed by atoms with Gasteiger partial charge in [-0.3, -0.25) is 9.59 Å². The van der Waals surface area contributed by atoms with Crippen molar-refractivity contribution in [1.29, 1.82) is 0 Å². The first-order valence-corrected chi connectivity index (χ1v) is 7.77. The third kappa shape index (κ3) is 4.59. The van der Waals surface area contributed by atoms with Crippen LogP contribution < -0.4 is 15.6 Å². The van der Waals surface area contributed by atoms with Gasteiger partial charge in [-0.15, -0.1) is 0 Å². The van der Waals surface area contributed by atoms with Gasteiger partial charge in [0, 0.05) is 24.8 Å². The molecule has 0 radical (unpaired) electrons. The number of aryl methyl sites for hydroxylation is 2. The van der Waals surface area contributed by atoms with E-state index in [9.17, 15) is 14.7 Å². The maximum atomic E-state index is 12.0. The maximum Gasteiger partial charge on any atom is 0.263 e. The SMILES string of the molecule is Cc1cc(OC[C@@H](O)CNC(=O)c2cccn(C)c2=O)ccc1Cl. The molecule has 0 aliphatic rings. The summed E-state index contributed by atoms with van der Waals surface area (Å²) in [5, 5.41) is 13.1. The average Bonchev–Trinajstić information content (AvgIpc) is 2.56. The van der Waals surface area contributed by atoms with Gasteiger partial charge in [0.1, 0.15) is 24.0 Å². The Kier molecular flexibility index (Phi) is 6.00. The molecule has 1 aromatic heterocycles. The zero-order valence-corrected chi connectivity index (χ0v) is 14.2. The van der Waals surface area contributed by atoms with E-state index in [0.717, 1.165) is 5.56 Å². The molecule has 24 heavy (non-hydrogen) atoms. The highest BCUT2D eigenvalue weighted by Gasteiger charge is 2.13. The van der Waals surface area contributed by atoms with E-state index in [2.05, 4.69) is 5.32 Å². The van der Waals surface area contributed by atoms with Crippen LogP contribution >= 0.6 is 11.6 Å².